The molecule has 0 fully saturated rings. The zero-order valence-corrected chi connectivity index (χ0v) is 12.7. The van der Waals surface area contributed by atoms with Crippen molar-refractivity contribution in [1.82, 2.24) is 10.3 Å². The van der Waals surface area contributed by atoms with E-state index in [1.807, 2.05) is 18.3 Å². The lowest BCUT2D eigenvalue weighted by Gasteiger charge is -2.20. The van der Waals surface area contributed by atoms with Crippen molar-refractivity contribution in [1.29, 1.82) is 0 Å². The summed E-state index contributed by atoms with van der Waals surface area (Å²) in [6.45, 7) is 3.01. The third-order valence-electron chi connectivity index (χ3n) is 4.16. The highest BCUT2D eigenvalue weighted by Crippen LogP contribution is 2.31. The van der Waals surface area contributed by atoms with Crippen LogP contribution >= 0.6 is 0 Å². The van der Waals surface area contributed by atoms with Crippen molar-refractivity contribution >= 4 is 0 Å². The molecular weight excluding hydrogens is 260 g/mol. The van der Waals surface area contributed by atoms with Gasteiger partial charge in [-0.2, -0.15) is 0 Å². The monoisotopic (exact) mass is 282 g/mol. The van der Waals surface area contributed by atoms with Gasteiger partial charge in [0.1, 0.15) is 11.4 Å². The Bertz CT molecular complexity index is 624. The first-order valence-electron chi connectivity index (χ1n) is 7.67. The summed E-state index contributed by atoms with van der Waals surface area (Å²) >= 11 is 0. The fourth-order valence-corrected chi connectivity index (χ4v) is 3.14. The number of hydrogen-bond donors (Lipinski definition) is 1. The Morgan fingerprint density at radius 2 is 2.10 bits per heavy atom. The number of aromatic nitrogens is 1. The molecule has 3 nitrogen and oxygen atoms in total. The number of pyridine rings is 1. The summed E-state index contributed by atoms with van der Waals surface area (Å²) in [6.07, 6.45) is 5.52. The zero-order valence-electron chi connectivity index (χ0n) is 12.7. The van der Waals surface area contributed by atoms with Crippen LogP contribution in [0.4, 0.5) is 0 Å². The predicted molar refractivity (Wildman–Crippen MR) is 84.8 cm³/mol. The molecule has 1 aromatic carbocycles. The van der Waals surface area contributed by atoms with Crippen molar-refractivity contribution in [2.45, 2.75) is 32.2 Å². The summed E-state index contributed by atoms with van der Waals surface area (Å²) < 4.78 is 5.48. The summed E-state index contributed by atoms with van der Waals surface area (Å²) in [5.41, 5.74) is 5.22. The normalized spacial score (nSPS) is 14.8. The molecule has 1 heterocycles. The van der Waals surface area contributed by atoms with Crippen LogP contribution in [0.5, 0.6) is 5.75 Å². The van der Waals surface area contributed by atoms with Crippen LogP contribution < -0.4 is 10.1 Å². The highest BCUT2D eigenvalue weighted by Gasteiger charge is 2.20. The lowest BCUT2D eigenvalue weighted by molar-refractivity contribution is 0.400. The van der Waals surface area contributed by atoms with Gasteiger partial charge in [0, 0.05) is 6.20 Å². The van der Waals surface area contributed by atoms with Crippen molar-refractivity contribution in [2.75, 3.05) is 13.7 Å². The van der Waals surface area contributed by atoms with Crippen LogP contribution in [0.25, 0.3) is 0 Å². The SMILES string of the molecule is CCNC(c1ccc2c(c1)CCC2)c1ncccc1OC. The maximum absolute atomic E-state index is 5.48. The lowest BCUT2D eigenvalue weighted by Crippen LogP contribution is -2.23. The van der Waals surface area contributed by atoms with Gasteiger partial charge in [0.25, 0.3) is 0 Å². The number of benzene rings is 1. The Kier molecular flexibility index (Phi) is 4.20. The lowest BCUT2D eigenvalue weighted by atomic mass is 9.98. The molecule has 1 aliphatic rings. The number of hydrogen-bond acceptors (Lipinski definition) is 3. The van der Waals surface area contributed by atoms with Crippen LogP contribution in [-0.2, 0) is 12.8 Å². The Morgan fingerprint density at radius 1 is 1.24 bits per heavy atom. The minimum absolute atomic E-state index is 0.0806. The first-order valence-corrected chi connectivity index (χ1v) is 7.67. The average molecular weight is 282 g/mol. The summed E-state index contributed by atoms with van der Waals surface area (Å²) in [5, 5.41) is 3.54. The molecule has 3 rings (SSSR count). The maximum Gasteiger partial charge on any atom is 0.142 e. The second-order valence-corrected chi connectivity index (χ2v) is 5.46. The van der Waals surface area contributed by atoms with E-state index in [1.54, 1.807) is 7.11 Å². The van der Waals surface area contributed by atoms with Gasteiger partial charge in [-0.15, -0.1) is 0 Å². The van der Waals surface area contributed by atoms with Gasteiger partial charge in [-0.25, -0.2) is 0 Å². The van der Waals surface area contributed by atoms with E-state index in [9.17, 15) is 0 Å². The van der Waals surface area contributed by atoms with Gasteiger partial charge in [0.05, 0.1) is 13.2 Å². The standard InChI is InChI=1S/C18H22N2O/c1-3-19-17(18-16(21-2)8-5-11-20-18)15-10-9-13-6-4-7-14(13)12-15/h5,8-12,17,19H,3-4,6-7H2,1-2H3. The molecule has 1 unspecified atom stereocenters. The predicted octanol–water partition coefficient (Wildman–Crippen LogP) is 3.28. The quantitative estimate of drug-likeness (QED) is 0.914. The first-order chi connectivity index (χ1) is 10.3. The third-order valence-corrected chi connectivity index (χ3v) is 4.16. The van der Waals surface area contributed by atoms with E-state index in [-0.39, 0.29) is 6.04 Å². The topological polar surface area (TPSA) is 34.2 Å². The van der Waals surface area contributed by atoms with Crippen LogP contribution in [0.1, 0.15) is 41.8 Å². The van der Waals surface area contributed by atoms with Crippen LogP contribution in [0.3, 0.4) is 0 Å². The molecule has 0 radical (unpaired) electrons. The highest BCUT2D eigenvalue weighted by molar-refractivity contribution is 5.42. The largest absolute Gasteiger partial charge is 0.495 e. The molecule has 3 heteroatoms. The number of nitrogens with zero attached hydrogens (tertiary/aromatic N) is 1. The zero-order chi connectivity index (χ0) is 14.7. The number of fused-ring (bicyclic) bond motifs is 1. The average Bonchev–Trinajstić information content (AvgIpc) is 3.00. The van der Waals surface area contributed by atoms with Crippen molar-refractivity contribution in [2.24, 2.45) is 0 Å². The van der Waals surface area contributed by atoms with Gasteiger partial charge in [-0.1, -0.05) is 25.1 Å². The van der Waals surface area contributed by atoms with Crippen LogP contribution in [0, 0.1) is 0 Å². The molecule has 0 amide bonds. The smallest absolute Gasteiger partial charge is 0.142 e. The number of rotatable bonds is 5. The van der Waals surface area contributed by atoms with E-state index in [0.717, 1.165) is 18.0 Å². The van der Waals surface area contributed by atoms with Gasteiger partial charge in [0.15, 0.2) is 0 Å². The second-order valence-electron chi connectivity index (χ2n) is 5.46. The van der Waals surface area contributed by atoms with Gasteiger partial charge in [-0.05, 0) is 54.6 Å². The molecule has 1 N–H and O–H groups in total. The summed E-state index contributed by atoms with van der Waals surface area (Å²) in [5.74, 6) is 0.837. The van der Waals surface area contributed by atoms with Crippen LogP contribution in [0.15, 0.2) is 36.5 Å². The molecule has 21 heavy (non-hydrogen) atoms. The van der Waals surface area contributed by atoms with Gasteiger partial charge < -0.3 is 10.1 Å². The first kappa shape index (κ1) is 14.1. The van der Waals surface area contributed by atoms with E-state index < -0.39 is 0 Å². The van der Waals surface area contributed by atoms with Gasteiger partial charge in [-0.3, -0.25) is 4.98 Å². The fourth-order valence-electron chi connectivity index (χ4n) is 3.14. The van der Waals surface area contributed by atoms with Crippen molar-refractivity contribution < 1.29 is 4.74 Å². The van der Waals surface area contributed by atoms with Crippen LogP contribution in [0.2, 0.25) is 0 Å². The van der Waals surface area contributed by atoms with E-state index in [4.69, 9.17) is 4.74 Å². The molecule has 110 valence electrons. The van der Waals surface area contributed by atoms with E-state index in [1.165, 1.54) is 36.0 Å². The molecule has 2 aromatic rings. The Morgan fingerprint density at radius 3 is 2.90 bits per heavy atom. The van der Waals surface area contributed by atoms with Crippen molar-refractivity contribution in [3.05, 3.63) is 58.9 Å². The third kappa shape index (κ3) is 2.79. The van der Waals surface area contributed by atoms with Gasteiger partial charge in [0.2, 0.25) is 0 Å². The Hall–Kier alpha value is -1.87. The summed E-state index contributed by atoms with van der Waals surface area (Å²) in [4.78, 5) is 4.55. The van der Waals surface area contributed by atoms with Gasteiger partial charge >= 0.3 is 0 Å². The maximum atomic E-state index is 5.48. The Balaban J connectivity index is 2.01. The molecule has 0 spiro atoms. The molecule has 1 aromatic heterocycles. The minimum Gasteiger partial charge on any atom is -0.495 e. The summed E-state index contributed by atoms with van der Waals surface area (Å²) in [7, 11) is 1.70. The minimum atomic E-state index is 0.0806. The molecule has 1 aliphatic carbocycles. The number of ether oxygens (including phenoxy) is 1. The fraction of sp³-hybridized carbons (Fsp3) is 0.389. The summed E-state index contributed by atoms with van der Waals surface area (Å²) in [6, 6.07) is 10.8. The van der Waals surface area contributed by atoms with Crippen molar-refractivity contribution in [3.8, 4) is 5.75 Å². The molecule has 1 atom stereocenters. The molecule has 0 bridgehead atoms. The van der Waals surface area contributed by atoms with Crippen molar-refractivity contribution in [3.63, 3.8) is 0 Å². The number of aryl methyl sites for hydroxylation is 2. The highest BCUT2D eigenvalue weighted by atomic mass is 16.5. The van der Waals surface area contributed by atoms with Crippen LogP contribution in [-0.4, -0.2) is 18.6 Å². The molecular formula is C18H22N2O. The van der Waals surface area contributed by atoms with E-state index >= 15 is 0 Å². The van der Waals surface area contributed by atoms with E-state index in [0.29, 0.717) is 0 Å². The number of nitrogens with one attached hydrogen (secondary N) is 1. The Labute approximate surface area is 126 Å². The molecule has 0 aliphatic heterocycles. The van der Waals surface area contributed by atoms with E-state index in [2.05, 4.69) is 35.4 Å². The molecule has 0 saturated heterocycles. The molecule has 0 saturated carbocycles. The number of methoxy groups -OCH3 is 1. The second kappa shape index (κ2) is 6.27.